The zero-order valence-corrected chi connectivity index (χ0v) is 6.74. The van der Waals surface area contributed by atoms with Gasteiger partial charge in [0.25, 0.3) is 0 Å². The van der Waals surface area contributed by atoms with E-state index < -0.39 is 0 Å². The molecule has 0 radical (unpaired) electrons. The van der Waals surface area contributed by atoms with Crippen molar-refractivity contribution in [3.63, 3.8) is 0 Å². The number of halogens is 1. The van der Waals surface area contributed by atoms with Crippen LogP contribution in [0.15, 0.2) is 0 Å². The largest absolute Gasteiger partial charge is 0.265 e. The number of rotatable bonds is 1. The molecule has 3 heteroatoms. The van der Waals surface area contributed by atoms with Gasteiger partial charge in [-0.2, -0.15) is 0 Å². The fourth-order valence-corrected chi connectivity index (χ4v) is 0. The van der Waals surface area contributed by atoms with Crippen LogP contribution in [0.2, 0.25) is 0 Å². The second kappa shape index (κ2) is 3.91. The van der Waals surface area contributed by atoms with Crippen LogP contribution in [0, 0.1) is 0 Å². The molecule has 0 bridgehead atoms. The molecule has 0 unspecified atom stereocenters. The maximum Gasteiger partial charge on any atom is 0.0212 e. The van der Waals surface area contributed by atoms with Crippen LogP contribution in [-0.2, 0) is 0 Å². The van der Waals surface area contributed by atoms with E-state index in [0.717, 1.165) is 0 Å². The van der Waals surface area contributed by atoms with Gasteiger partial charge in [0, 0.05) is 33.1 Å². The molecule has 0 spiro atoms. The fourth-order valence-electron chi connectivity index (χ4n) is 0. The SMILES string of the molecule is [SiH3]CNI. The molecule has 0 amide bonds. The molecule has 0 aromatic carbocycles. The third-order valence-corrected chi connectivity index (χ3v) is 2.69. The molecule has 1 N–H and O–H groups in total. The molecular formula is CH6INSi. The van der Waals surface area contributed by atoms with Crippen molar-refractivity contribution in [2.24, 2.45) is 0 Å². The van der Waals surface area contributed by atoms with Gasteiger partial charge in [0.15, 0.2) is 0 Å². The lowest BCUT2D eigenvalue weighted by Crippen LogP contribution is -1.96. The molecule has 4 heavy (non-hydrogen) atoms. The lowest BCUT2D eigenvalue weighted by atomic mass is 11.5. The fraction of sp³-hybridized carbons (Fsp3) is 1.00. The van der Waals surface area contributed by atoms with E-state index in [2.05, 4.69) is 26.4 Å². The molecule has 0 saturated carbocycles. The minimum atomic E-state index is 1.20. The summed E-state index contributed by atoms with van der Waals surface area (Å²) in [7, 11) is 1.27. The minimum Gasteiger partial charge on any atom is -0.265 e. The second-order valence-electron chi connectivity index (χ2n) is 0.487. The van der Waals surface area contributed by atoms with Crippen molar-refractivity contribution in [3.8, 4) is 0 Å². The Kier molecular flexibility index (Phi) is 4.79. The van der Waals surface area contributed by atoms with Crippen molar-refractivity contribution in [3.05, 3.63) is 0 Å². The predicted molar refractivity (Wildman–Crippen MR) is 32.0 cm³/mol. The van der Waals surface area contributed by atoms with Gasteiger partial charge in [0.05, 0.1) is 0 Å². The summed E-state index contributed by atoms with van der Waals surface area (Å²) in [5, 5.41) is 0. The Morgan fingerprint density at radius 3 is 2.25 bits per heavy atom. The molecule has 0 aromatic heterocycles. The average molecular weight is 187 g/mol. The van der Waals surface area contributed by atoms with Crippen LogP contribution < -0.4 is 3.53 Å². The zero-order valence-electron chi connectivity index (χ0n) is 2.59. The second-order valence-corrected chi connectivity index (χ2v) is 1.96. The highest BCUT2D eigenvalue weighted by Gasteiger charge is 1.53. The van der Waals surface area contributed by atoms with E-state index in [-0.39, 0.29) is 0 Å². The molecule has 0 saturated heterocycles. The molecule has 0 fully saturated rings. The molecule has 0 aliphatic rings. The van der Waals surface area contributed by atoms with Crippen LogP contribution >= 0.6 is 22.9 Å². The van der Waals surface area contributed by atoms with E-state index in [1.165, 1.54) is 16.4 Å². The maximum absolute atomic E-state index is 2.96. The van der Waals surface area contributed by atoms with Crippen LogP contribution in [-0.4, -0.2) is 16.4 Å². The Morgan fingerprint density at radius 2 is 2.25 bits per heavy atom. The summed E-state index contributed by atoms with van der Waals surface area (Å²) < 4.78 is 2.96. The molecular weight excluding hydrogens is 181 g/mol. The quantitative estimate of drug-likeness (QED) is 0.323. The first-order valence-electron chi connectivity index (χ1n) is 1.25. The Labute approximate surface area is 43.1 Å². The smallest absolute Gasteiger partial charge is 0.0212 e. The molecule has 0 aromatic rings. The van der Waals surface area contributed by atoms with Gasteiger partial charge in [-0.05, 0) is 6.17 Å². The third kappa shape index (κ3) is 2.91. The van der Waals surface area contributed by atoms with E-state index >= 15 is 0 Å². The van der Waals surface area contributed by atoms with E-state index in [9.17, 15) is 0 Å². The summed E-state index contributed by atoms with van der Waals surface area (Å²) in [6.07, 6.45) is 1.20. The molecule has 26 valence electrons. The summed E-state index contributed by atoms with van der Waals surface area (Å²) >= 11 is 2.14. The summed E-state index contributed by atoms with van der Waals surface area (Å²) in [5.74, 6) is 0. The summed E-state index contributed by atoms with van der Waals surface area (Å²) in [4.78, 5) is 0. The van der Waals surface area contributed by atoms with Gasteiger partial charge >= 0.3 is 0 Å². The van der Waals surface area contributed by atoms with Crippen molar-refractivity contribution in [1.29, 1.82) is 0 Å². The molecule has 0 heterocycles. The van der Waals surface area contributed by atoms with Crippen molar-refractivity contribution < 1.29 is 0 Å². The summed E-state index contributed by atoms with van der Waals surface area (Å²) in [5.41, 5.74) is 0. The summed E-state index contributed by atoms with van der Waals surface area (Å²) in [6.45, 7) is 0. The molecule has 0 rings (SSSR count). The monoisotopic (exact) mass is 187 g/mol. The zero-order chi connectivity index (χ0) is 3.41. The topological polar surface area (TPSA) is 12.0 Å². The van der Waals surface area contributed by atoms with E-state index in [0.29, 0.717) is 0 Å². The third-order valence-electron chi connectivity index (χ3n) is 0.134. The van der Waals surface area contributed by atoms with Gasteiger partial charge < -0.3 is 0 Å². The average Bonchev–Trinajstić information content (AvgIpc) is 1.37. The predicted octanol–water partition coefficient (Wildman–Crippen LogP) is -0.751. The van der Waals surface area contributed by atoms with Gasteiger partial charge in [0.1, 0.15) is 0 Å². The van der Waals surface area contributed by atoms with Crippen LogP contribution in [0.5, 0.6) is 0 Å². The first-order valence-corrected chi connectivity index (χ1v) is 3.74. The number of hydrogen-bond acceptors (Lipinski definition) is 1. The highest BCUT2D eigenvalue weighted by molar-refractivity contribution is 14.1. The van der Waals surface area contributed by atoms with Crippen LogP contribution in [0.25, 0.3) is 0 Å². The minimum absolute atomic E-state index is 1.20. The molecule has 0 aliphatic carbocycles. The van der Waals surface area contributed by atoms with E-state index in [4.69, 9.17) is 0 Å². The van der Waals surface area contributed by atoms with Gasteiger partial charge in [-0.3, -0.25) is 3.53 Å². The standard InChI is InChI=1S/CH6INSi/c2-3-1-4/h3H,1H2,4H3. The lowest BCUT2D eigenvalue weighted by molar-refractivity contribution is 1.29. The van der Waals surface area contributed by atoms with Crippen molar-refractivity contribution in [2.45, 2.75) is 0 Å². The van der Waals surface area contributed by atoms with E-state index in [1.54, 1.807) is 0 Å². The number of hydrogen-bond donors (Lipinski definition) is 1. The molecule has 0 atom stereocenters. The lowest BCUT2D eigenvalue weighted by Gasteiger charge is -1.72. The van der Waals surface area contributed by atoms with Gasteiger partial charge in [0.2, 0.25) is 0 Å². The Balaban J connectivity index is 1.97. The maximum atomic E-state index is 2.96. The Bertz CT molecular complexity index is 10.0. The van der Waals surface area contributed by atoms with Crippen molar-refractivity contribution >= 4 is 33.1 Å². The first-order chi connectivity index (χ1) is 1.91. The van der Waals surface area contributed by atoms with Gasteiger partial charge in [-0.1, -0.05) is 0 Å². The van der Waals surface area contributed by atoms with Gasteiger partial charge in [-0.25, -0.2) is 0 Å². The first kappa shape index (κ1) is 4.91. The van der Waals surface area contributed by atoms with Crippen molar-refractivity contribution in [2.75, 3.05) is 6.17 Å². The van der Waals surface area contributed by atoms with Crippen LogP contribution in [0.3, 0.4) is 0 Å². The van der Waals surface area contributed by atoms with Crippen molar-refractivity contribution in [1.82, 2.24) is 3.53 Å². The van der Waals surface area contributed by atoms with Crippen LogP contribution in [0.1, 0.15) is 0 Å². The van der Waals surface area contributed by atoms with Crippen LogP contribution in [0.4, 0.5) is 0 Å². The molecule has 1 nitrogen and oxygen atoms in total. The Morgan fingerprint density at radius 1 is 2.00 bits per heavy atom. The van der Waals surface area contributed by atoms with E-state index in [1.807, 2.05) is 0 Å². The van der Waals surface area contributed by atoms with Gasteiger partial charge in [-0.15, -0.1) is 0 Å². The normalized spacial score (nSPS) is 8.25. The highest BCUT2D eigenvalue weighted by atomic mass is 127. The molecule has 0 aliphatic heterocycles. The number of nitrogens with one attached hydrogen (secondary N) is 1. The summed E-state index contributed by atoms with van der Waals surface area (Å²) in [6, 6.07) is 0. The highest BCUT2D eigenvalue weighted by Crippen LogP contribution is 1.56. The Hall–Kier alpha value is 0.907.